The first-order valence-electron chi connectivity index (χ1n) is 8.19. The molecule has 0 fully saturated rings. The Bertz CT molecular complexity index is 794. The summed E-state index contributed by atoms with van der Waals surface area (Å²) in [5.41, 5.74) is 1.83. The van der Waals surface area contributed by atoms with Crippen molar-refractivity contribution in [3.05, 3.63) is 53.3 Å². The number of hydrogen-bond acceptors (Lipinski definition) is 3. The smallest absolute Gasteiger partial charge is 0.246 e. The Balaban J connectivity index is 1.93. The SMILES string of the molecule is CC(C)C(=O)Nc1ccc(NC(C)C(=O)Nc2ccc(F)c(Cl)c2)cc1. The lowest BCUT2D eigenvalue weighted by Crippen LogP contribution is -2.31. The Hall–Kier alpha value is -2.60. The maximum Gasteiger partial charge on any atom is 0.246 e. The molecule has 2 amide bonds. The van der Waals surface area contributed by atoms with Crippen molar-refractivity contribution in [1.29, 1.82) is 0 Å². The van der Waals surface area contributed by atoms with Crippen LogP contribution >= 0.6 is 11.6 Å². The molecule has 2 rings (SSSR count). The molecule has 26 heavy (non-hydrogen) atoms. The molecule has 0 saturated heterocycles. The lowest BCUT2D eigenvalue weighted by atomic mass is 10.2. The minimum atomic E-state index is -0.541. The van der Waals surface area contributed by atoms with Crippen molar-refractivity contribution in [2.45, 2.75) is 26.8 Å². The van der Waals surface area contributed by atoms with Crippen LogP contribution < -0.4 is 16.0 Å². The number of anilines is 3. The molecule has 138 valence electrons. The standard InChI is InChI=1S/C19H21ClFN3O2/c1-11(2)18(25)23-14-6-4-13(5-7-14)22-12(3)19(26)24-15-8-9-17(21)16(20)10-15/h4-12,22H,1-3H3,(H,23,25)(H,24,26). The van der Waals surface area contributed by atoms with Crippen LogP contribution in [0.4, 0.5) is 21.5 Å². The first-order valence-corrected chi connectivity index (χ1v) is 8.57. The molecular formula is C19H21ClFN3O2. The summed E-state index contributed by atoms with van der Waals surface area (Å²) < 4.78 is 13.2. The van der Waals surface area contributed by atoms with Crippen LogP contribution in [-0.2, 0) is 9.59 Å². The van der Waals surface area contributed by atoms with E-state index in [2.05, 4.69) is 16.0 Å². The third-order valence-electron chi connectivity index (χ3n) is 3.64. The summed E-state index contributed by atoms with van der Waals surface area (Å²) in [4.78, 5) is 23.9. The number of carbonyl (C=O) groups excluding carboxylic acids is 2. The number of carbonyl (C=O) groups is 2. The molecule has 3 N–H and O–H groups in total. The van der Waals surface area contributed by atoms with E-state index in [-0.39, 0.29) is 22.8 Å². The van der Waals surface area contributed by atoms with Gasteiger partial charge in [-0.15, -0.1) is 0 Å². The first kappa shape index (κ1) is 19.7. The van der Waals surface area contributed by atoms with Gasteiger partial charge in [0.1, 0.15) is 11.9 Å². The van der Waals surface area contributed by atoms with Gasteiger partial charge in [0.2, 0.25) is 11.8 Å². The Kier molecular flexibility index (Phi) is 6.58. The molecule has 0 bridgehead atoms. The van der Waals surface area contributed by atoms with Crippen molar-refractivity contribution in [2.24, 2.45) is 5.92 Å². The molecule has 0 aliphatic carbocycles. The zero-order chi connectivity index (χ0) is 19.3. The maximum absolute atomic E-state index is 13.2. The van der Waals surface area contributed by atoms with Gasteiger partial charge < -0.3 is 16.0 Å². The fraction of sp³-hybridized carbons (Fsp3) is 0.263. The van der Waals surface area contributed by atoms with E-state index in [0.717, 1.165) is 5.69 Å². The lowest BCUT2D eigenvalue weighted by molar-refractivity contribution is -0.119. The first-order chi connectivity index (χ1) is 12.3. The predicted molar refractivity (Wildman–Crippen MR) is 103 cm³/mol. The number of hydrogen-bond donors (Lipinski definition) is 3. The fourth-order valence-corrected chi connectivity index (χ4v) is 2.26. The van der Waals surface area contributed by atoms with Crippen LogP contribution in [0.1, 0.15) is 20.8 Å². The second-order valence-electron chi connectivity index (χ2n) is 6.21. The number of benzene rings is 2. The van der Waals surface area contributed by atoms with E-state index in [1.165, 1.54) is 18.2 Å². The number of amides is 2. The highest BCUT2D eigenvalue weighted by Crippen LogP contribution is 2.20. The van der Waals surface area contributed by atoms with Gasteiger partial charge in [-0.25, -0.2) is 4.39 Å². The van der Waals surface area contributed by atoms with Gasteiger partial charge in [0.25, 0.3) is 0 Å². The van der Waals surface area contributed by atoms with Crippen molar-refractivity contribution in [3.8, 4) is 0 Å². The van der Waals surface area contributed by atoms with E-state index in [1.54, 1.807) is 31.2 Å². The maximum atomic E-state index is 13.2. The van der Waals surface area contributed by atoms with E-state index in [1.807, 2.05) is 13.8 Å². The van der Waals surface area contributed by atoms with E-state index < -0.39 is 11.9 Å². The molecule has 2 aromatic carbocycles. The minimum Gasteiger partial charge on any atom is -0.374 e. The van der Waals surface area contributed by atoms with Crippen molar-refractivity contribution < 1.29 is 14.0 Å². The van der Waals surface area contributed by atoms with Gasteiger partial charge in [0.05, 0.1) is 5.02 Å². The zero-order valence-corrected chi connectivity index (χ0v) is 15.5. The zero-order valence-electron chi connectivity index (χ0n) is 14.8. The van der Waals surface area contributed by atoms with Gasteiger partial charge in [-0.05, 0) is 49.4 Å². The summed E-state index contributed by atoms with van der Waals surface area (Å²) in [6, 6.07) is 10.5. The molecule has 1 atom stereocenters. The Morgan fingerprint density at radius 3 is 2.00 bits per heavy atom. The van der Waals surface area contributed by atoms with Crippen LogP contribution in [0.5, 0.6) is 0 Å². The van der Waals surface area contributed by atoms with Gasteiger partial charge >= 0.3 is 0 Å². The van der Waals surface area contributed by atoms with E-state index in [4.69, 9.17) is 11.6 Å². The molecule has 0 aromatic heterocycles. The van der Waals surface area contributed by atoms with Gasteiger partial charge in [-0.3, -0.25) is 9.59 Å². The van der Waals surface area contributed by atoms with Gasteiger partial charge in [0, 0.05) is 23.0 Å². The molecule has 0 saturated carbocycles. The van der Waals surface area contributed by atoms with E-state index in [9.17, 15) is 14.0 Å². The second-order valence-corrected chi connectivity index (χ2v) is 6.61. The van der Waals surface area contributed by atoms with Gasteiger partial charge in [0.15, 0.2) is 0 Å². The third kappa shape index (κ3) is 5.46. The summed E-state index contributed by atoms with van der Waals surface area (Å²) in [6.07, 6.45) is 0. The van der Waals surface area contributed by atoms with Gasteiger partial charge in [-0.1, -0.05) is 25.4 Å². The number of nitrogens with one attached hydrogen (secondary N) is 3. The number of halogens is 2. The monoisotopic (exact) mass is 377 g/mol. The Labute approximate surface area is 156 Å². The molecule has 1 unspecified atom stereocenters. The largest absolute Gasteiger partial charge is 0.374 e. The third-order valence-corrected chi connectivity index (χ3v) is 3.93. The summed E-state index contributed by atoms with van der Waals surface area (Å²) in [5, 5.41) is 8.47. The molecule has 7 heteroatoms. The van der Waals surface area contributed by atoms with E-state index in [0.29, 0.717) is 11.4 Å². The lowest BCUT2D eigenvalue weighted by Gasteiger charge is -2.16. The molecule has 2 aromatic rings. The fourth-order valence-electron chi connectivity index (χ4n) is 2.08. The van der Waals surface area contributed by atoms with Crippen LogP contribution in [0.2, 0.25) is 5.02 Å². The molecule has 0 heterocycles. The molecule has 0 spiro atoms. The van der Waals surface area contributed by atoms with Crippen LogP contribution in [0.25, 0.3) is 0 Å². The quantitative estimate of drug-likeness (QED) is 0.693. The highest BCUT2D eigenvalue weighted by atomic mass is 35.5. The van der Waals surface area contributed by atoms with Crippen molar-refractivity contribution in [2.75, 3.05) is 16.0 Å². The minimum absolute atomic E-state index is 0.0533. The Morgan fingerprint density at radius 2 is 1.42 bits per heavy atom. The van der Waals surface area contributed by atoms with Crippen LogP contribution in [0, 0.1) is 11.7 Å². The second kappa shape index (κ2) is 8.67. The highest BCUT2D eigenvalue weighted by Gasteiger charge is 2.14. The molecule has 0 radical (unpaired) electrons. The van der Waals surface area contributed by atoms with Crippen molar-refractivity contribution in [1.82, 2.24) is 0 Å². The molecule has 0 aliphatic rings. The predicted octanol–water partition coefficient (Wildman–Crippen LogP) is 4.51. The highest BCUT2D eigenvalue weighted by molar-refractivity contribution is 6.31. The number of rotatable bonds is 6. The summed E-state index contributed by atoms with van der Waals surface area (Å²) in [6.45, 7) is 5.34. The average molecular weight is 378 g/mol. The van der Waals surface area contributed by atoms with Crippen molar-refractivity contribution >= 4 is 40.5 Å². The van der Waals surface area contributed by atoms with E-state index >= 15 is 0 Å². The average Bonchev–Trinajstić information content (AvgIpc) is 2.59. The normalized spacial score (nSPS) is 11.8. The summed E-state index contributed by atoms with van der Waals surface area (Å²) in [5.74, 6) is -0.988. The van der Waals surface area contributed by atoms with Crippen molar-refractivity contribution in [3.63, 3.8) is 0 Å². The van der Waals surface area contributed by atoms with Crippen LogP contribution in [-0.4, -0.2) is 17.9 Å². The molecule has 0 aliphatic heterocycles. The summed E-state index contributed by atoms with van der Waals surface area (Å²) >= 11 is 5.71. The van der Waals surface area contributed by atoms with Crippen LogP contribution in [0.3, 0.4) is 0 Å². The summed E-state index contributed by atoms with van der Waals surface area (Å²) in [7, 11) is 0. The Morgan fingerprint density at radius 1 is 0.885 bits per heavy atom. The molecule has 5 nitrogen and oxygen atoms in total. The van der Waals surface area contributed by atoms with Crippen LogP contribution in [0.15, 0.2) is 42.5 Å². The topological polar surface area (TPSA) is 70.2 Å². The molecular weight excluding hydrogens is 357 g/mol. The van der Waals surface area contributed by atoms with Gasteiger partial charge in [-0.2, -0.15) is 0 Å².